The molecule has 4 amide bonds. The summed E-state index contributed by atoms with van der Waals surface area (Å²) in [4.78, 5) is 50.1. The highest BCUT2D eigenvalue weighted by molar-refractivity contribution is 6.24. The van der Waals surface area contributed by atoms with Gasteiger partial charge >= 0.3 is 0 Å². The van der Waals surface area contributed by atoms with E-state index in [9.17, 15) is 19.2 Å². The Morgan fingerprint density at radius 3 is 2.58 bits per heavy atom. The molecule has 124 valence electrons. The summed E-state index contributed by atoms with van der Waals surface area (Å²) in [5.74, 6) is -1.63. The van der Waals surface area contributed by atoms with E-state index >= 15 is 0 Å². The summed E-state index contributed by atoms with van der Waals surface area (Å²) in [5, 5.41) is 5.47. The molecule has 3 aliphatic heterocycles. The van der Waals surface area contributed by atoms with Crippen molar-refractivity contribution in [1.82, 2.24) is 15.5 Å². The zero-order chi connectivity index (χ0) is 16.8. The molecule has 7 nitrogen and oxygen atoms in total. The Bertz CT molecular complexity index is 767. The largest absolute Gasteiger partial charge is 0.316 e. The summed E-state index contributed by atoms with van der Waals surface area (Å²) in [7, 11) is 0. The van der Waals surface area contributed by atoms with Crippen LogP contribution in [0, 0.1) is 0 Å². The normalized spacial score (nSPS) is 26.8. The number of amides is 4. The van der Waals surface area contributed by atoms with E-state index in [4.69, 9.17) is 0 Å². The molecule has 2 saturated heterocycles. The highest BCUT2D eigenvalue weighted by Gasteiger charge is 2.46. The summed E-state index contributed by atoms with van der Waals surface area (Å²) in [6, 6.07) is 4.39. The molecule has 3 aliphatic rings. The zero-order valence-electron chi connectivity index (χ0n) is 13.0. The quantitative estimate of drug-likeness (QED) is 0.755. The van der Waals surface area contributed by atoms with Crippen LogP contribution in [0.1, 0.15) is 51.5 Å². The third kappa shape index (κ3) is 2.16. The molecule has 2 N–H and O–H groups in total. The van der Waals surface area contributed by atoms with E-state index in [-0.39, 0.29) is 24.7 Å². The van der Waals surface area contributed by atoms with Crippen LogP contribution in [0.25, 0.3) is 0 Å². The fraction of sp³-hybridized carbons (Fsp3) is 0.412. The Hall–Kier alpha value is -2.54. The molecule has 0 bridgehead atoms. The van der Waals surface area contributed by atoms with Gasteiger partial charge < -0.3 is 5.32 Å². The molecule has 0 saturated carbocycles. The van der Waals surface area contributed by atoms with Crippen molar-refractivity contribution in [3.8, 4) is 0 Å². The maximum Gasteiger partial charge on any atom is 0.262 e. The van der Waals surface area contributed by atoms with Crippen molar-refractivity contribution in [1.29, 1.82) is 0 Å². The summed E-state index contributed by atoms with van der Waals surface area (Å²) < 4.78 is 0. The minimum Gasteiger partial charge on any atom is -0.316 e. The fourth-order valence-electron chi connectivity index (χ4n) is 3.80. The molecule has 0 spiro atoms. The van der Waals surface area contributed by atoms with Crippen LogP contribution in [0.15, 0.2) is 18.2 Å². The van der Waals surface area contributed by atoms with E-state index in [2.05, 4.69) is 10.6 Å². The molecule has 0 aromatic heterocycles. The highest BCUT2D eigenvalue weighted by Crippen LogP contribution is 2.34. The maximum absolute atomic E-state index is 12.9. The van der Waals surface area contributed by atoms with E-state index in [1.807, 2.05) is 6.07 Å². The summed E-state index contributed by atoms with van der Waals surface area (Å²) in [6.07, 6.45) is 1.22. The number of nitrogens with one attached hydrogen (secondary N) is 2. The number of hydrogen-bond acceptors (Lipinski definition) is 5. The maximum atomic E-state index is 12.9. The lowest BCUT2D eigenvalue weighted by molar-refractivity contribution is -0.136. The Labute approximate surface area is 138 Å². The lowest BCUT2D eigenvalue weighted by Crippen LogP contribution is -2.54. The van der Waals surface area contributed by atoms with Crippen molar-refractivity contribution >= 4 is 23.6 Å². The van der Waals surface area contributed by atoms with Gasteiger partial charge in [0.25, 0.3) is 11.8 Å². The fourth-order valence-corrected chi connectivity index (χ4v) is 3.80. The van der Waals surface area contributed by atoms with E-state index in [1.165, 1.54) is 0 Å². The molecule has 7 heteroatoms. The molecular formula is C17H17N3O4. The van der Waals surface area contributed by atoms with Gasteiger partial charge in [-0.25, -0.2) is 0 Å². The molecule has 4 rings (SSSR count). The van der Waals surface area contributed by atoms with Gasteiger partial charge in [0.1, 0.15) is 6.04 Å². The second kappa shape index (κ2) is 5.52. The zero-order valence-corrected chi connectivity index (χ0v) is 13.0. The van der Waals surface area contributed by atoms with Crippen LogP contribution < -0.4 is 10.6 Å². The Morgan fingerprint density at radius 1 is 1.04 bits per heavy atom. The van der Waals surface area contributed by atoms with Crippen LogP contribution in [-0.4, -0.2) is 47.7 Å². The van der Waals surface area contributed by atoms with E-state index < -0.39 is 23.8 Å². The second-order valence-corrected chi connectivity index (χ2v) is 6.41. The predicted octanol–water partition coefficient (Wildman–Crippen LogP) is 0.165. The highest BCUT2D eigenvalue weighted by atomic mass is 16.2. The van der Waals surface area contributed by atoms with Gasteiger partial charge in [0.15, 0.2) is 0 Å². The standard InChI is InChI=1S/C17H17N3O4/c21-13-5-4-12(15(22)19-13)20-16(23)11-3-1-2-10(14(11)17(20)24)9-6-7-18-8-9/h1-3,9,12,18H,4-8H2,(H,19,21,22). The summed E-state index contributed by atoms with van der Waals surface area (Å²) in [5.41, 5.74) is 1.64. The van der Waals surface area contributed by atoms with Gasteiger partial charge in [0.05, 0.1) is 11.1 Å². The minimum absolute atomic E-state index is 0.128. The van der Waals surface area contributed by atoms with Gasteiger partial charge in [-0.3, -0.25) is 29.4 Å². The van der Waals surface area contributed by atoms with Gasteiger partial charge in [0.2, 0.25) is 11.8 Å². The van der Waals surface area contributed by atoms with Crippen LogP contribution in [0.3, 0.4) is 0 Å². The topological polar surface area (TPSA) is 95.6 Å². The van der Waals surface area contributed by atoms with Gasteiger partial charge in [-0.2, -0.15) is 0 Å². The van der Waals surface area contributed by atoms with Crippen LogP contribution >= 0.6 is 0 Å². The first-order valence-electron chi connectivity index (χ1n) is 8.13. The molecule has 1 aromatic rings. The van der Waals surface area contributed by atoms with Crippen molar-refractivity contribution in [3.05, 3.63) is 34.9 Å². The average Bonchev–Trinajstić information content (AvgIpc) is 3.17. The predicted molar refractivity (Wildman–Crippen MR) is 83.3 cm³/mol. The molecule has 2 atom stereocenters. The van der Waals surface area contributed by atoms with Gasteiger partial charge in [0, 0.05) is 13.0 Å². The molecular weight excluding hydrogens is 310 g/mol. The number of carbonyl (C=O) groups excluding carboxylic acids is 4. The Balaban J connectivity index is 1.72. The van der Waals surface area contributed by atoms with Crippen molar-refractivity contribution in [2.45, 2.75) is 31.2 Å². The van der Waals surface area contributed by atoms with Gasteiger partial charge in [-0.15, -0.1) is 0 Å². The lowest BCUT2D eigenvalue weighted by atomic mass is 9.91. The minimum atomic E-state index is -0.912. The summed E-state index contributed by atoms with van der Waals surface area (Å²) in [6.45, 7) is 1.66. The number of fused-ring (bicyclic) bond motifs is 1. The smallest absolute Gasteiger partial charge is 0.262 e. The van der Waals surface area contributed by atoms with Crippen molar-refractivity contribution in [3.63, 3.8) is 0 Å². The number of carbonyl (C=O) groups is 4. The van der Waals surface area contributed by atoms with E-state index in [0.29, 0.717) is 11.1 Å². The number of imide groups is 2. The van der Waals surface area contributed by atoms with Gasteiger partial charge in [-0.05, 0) is 36.9 Å². The van der Waals surface area contributed by atoms with Crippen molar-refractivity contribution < 1.29 is 19.2 Å². The Kier molecular flexibility index (Phi) is 3.45. The SMILES string of the molecule is O=C1CCC(N2C(=O)c3cccc(C4CCNC4)c3C2=O)C(=O)N1. The molecule has 0 radical (unpaired) electrons. The molecule has 2 unspecified atom stereocenters. The second-order valence-electron chi connectivity index (χ2n) is 6.41. The van der Waals surface area contributed by atoms with Crippen LogP contribution in [0.2, 0.25) is 0 Å². The first-order valence-corrected chi connectivity index (χ1v) is 8.13. The van der Waals surface area contributed by atoms with Crippen molar-refractivity contribution in [2.24, 2.45) is 0 Å². The number of hydrogen-bond donors (Lipinski definition) is 2. The van der Waals surface area contributed by atoms with E-state index in [0.717, 1.165) is 30.0 Å². The molecule has 2 fully saturated rings. The Morgan fingerprint density at radius 2 is 1.88 bits per heavy atom. The first kappa shape index (κ1) is 15.0. The van der Waals surface area contributed by atoms with Crippen LogP contribution in [0.4, 0.5) is 0 Å². The number of piperidine rings is 1. The third-order valence-corrected chi connectivity index (χ3v) is 5.00. The van der Waals surface area contributed by atoms with Crippen LogP contribution in [0.5, 0.6) is 0 Å². The summed E-state index contributed by atoms with van der Waals surface area (Å²) >= 11 is 0. The molecule has 3 heterocycles. The monoisotopic (exact) mass is 327 g/mol. The lowest BCUT2D eigenvalue weighted by Gasteiger charge is -2.28. The van der Waals surface area contributed by atoms with Crippen LogP contribution in [-0.2, 0) is 9.59 Å². The third-order valence-electron chi connectivity index (χ3n) is 5.00. The number of benzene rings is 1. The number of nitrogens with zero attached hydrogens (tertiary/aromatic N) is 1. The van der Waals surface area contributed by atoms with Crippen molar-refractivity contribution in [2.75, 3.05) is 13.1 Å². The molecule has 24 heavy (non-hydrogen) atoms. The van der Waals surface area contributed by atoms with Gasteiger partial charge in [-0.1, -0.05) is 12.1 Å². The number of rotatable bonds is 2. The average molecular weight is 327 g/mol. The van der Waals surface area contributed by atoms with E-state index in [1.54, 1.807) is 12.1 Å². The molecule has 0 aliphatic carbocycles. The molecule has 1 aromatic carbocycles. The first-order chi connectivity index (χ1) is 11.6.